The highest BCUT2D eigenvalue weighted by Gasteiger charge is 2.40. The second kappa shape index (κ2) is 4.95. The van der Waals surface area contributed by atoms with Gasteiger partial charge in [-0.3, -0.25) is 0 Å². The lowest BCUT2D eigenvalue weighted by molar-refractivity contribution is 0.478. The van der Waals surface area contributed by atoms with E-state index < -0.39 is 0 Å². The Balaban J connectivity index is 2.08. The zero-order valence-corrected chi connectivity index (χ0v) is 11.0. The predicted molar refractivity (Wildman–Crippen MR) is 69.8 cm³/mol. The van der Waals surface area contributed by atoms with Gasteiger partial charge < -0.3 is 5.73 Å². The van der Waals surface area contributed by atoms with Crippen LogP contribution in [0.15, 0.2) is 12.1 Å². The van der Waals surface area contributed by atoms with Crippen molar-refractivity contribution in [2.75, 3.05) is 6.54 Å². The van der Waals surface area contributed by atoms with E-state index >= 15 is 0 Å². The Morgan fingerprint density at radius 3 is 2.65 bits per heavy atom. The number of benzene rings is 1. The highest BCUT2D eigenvalue weighted by atomic mass is 35.5. The summed E-state index contributed by atoms with van der Waals surface area (Å²) in [5.41, 5.74) is 8.04. The fourth-order valence-electron chi connectivity index (χ4n) is 2.25. The predicted octanol–water partition coefficient (Wildman–Crippen LogP) is 3.71. The second-order valence-corrected chi connectivity index (χ2v) is 5.49. The third kappa shape index (κ3) is 2.80. The van der Waals surface area contributed by atoms with Crippen LogP contribution in [0.5, 0.6) is 0 Å². The Labute approximate surface area is 107 Å². The van der Waals surface area contributed by atoms with Crippen molar-refractivity contribution in [2.45, 2.75) is 39.0 Å². The van der Waals surface area contributed by atoms with E-state index in [2.05, 4.69) is 0 Å². The Kier molecular flexibility index (Phi) is 3.74. The van der Waals surface area contributed by atoms with Crippen LogP contribution >= 0.6 is 11.6 Å². The van der Waals surface area contributed by atoms with Crippen LogP contribution in [0.4, 0.5) is 4.39 Å². The SMILES string of the molecule is CCc1cc(CCC2(CN)CC2)cc(F)c1Cl. The monoisotopic (exact) mass is 255 g/mol. The largest absolute Gasteiger partial charge is 0.330 e. The smallest absolute Gasteiger partial charge is 0.142 e. The molecule has 1 aliphatic carbocycles. The van der Waals surface area contributed by atoms with Crippen molar-refractivity contribution in [3.8, 4) is 0 Å². The number of hydrogen-bond donors (Lipinski definition) is 1. The van der Waals surface area contributed by atoms with Crippen molar-refractivity contribution in [1.29, 1.82) is 0 Å². The van der Waals surface area contributed by atoms with Gasteiger partial charge in [-0.25, -0.2) is 4.39 Å². The minimum atomic E-state index is -0.293. The normalized spacial score (nSPS) is 17.2. The van der Waals surface area contributed by atoms with Crippen molar-refractivity contribution in [3.63, 3.8) is 0 Å². The van der Waals surface area contributed by atoms with E-state index in [1.54, 1.807) is 6.07 Å². The molecular weight excluding hydrogens is 237 g/mol. The third-order valence-electron chi connectivity index (χ3n) is 3.88. The number of rotatable bonds is 5. The van der Waals surface area contributed by atoms with E-state index in [4.69, 9.17) is 17.3 Å². The molecule has 94 valence electrons. The molecule has 0 atom stereocenters. The highest BCUT2D eigenvalue weighted by molar-refractivity contribution is 6.31. The first-order valence-electron chi connectivity index (χ1n) is 6.27. The lowest BCUT2D eigenvalue weighted by Crippen LogP contribution is -2.16. The summed E-state index contributed by atoms with van der Waals surface area (Å²) in [5, 5.41) is 0.274. The molecule has 1 nitrogen and oxygen atoms in total. The van der Waals surface area contributed by atoms with Crippen molar-refractivity contribution < 1.29 is 4.39 Å². The molecule has 17 heavy (non-hydrogen) atoms. The van der Waals surface area contributed by atoms with E-state index in [1.807, 2.05) is 13.0 Å². The maximum Gasteiger partial charge on any atom is 0.142 e. The summed E-state index contributed by atoms with van der Waals surface area (Å²) in [6.45, 7) is 2.75. The van der Waals surface area contributed by atoms with E-state index in [0.717, 1.165) is 36.9 Å². The number of nitrogens with two attached hydrogens (primary N) is 1. The summed E-state index contributed by atoms with van der Waals surface area (Å²) >= 11 is 5.90. The molecule has 0 radical (unpaired) electrons. The van der Waals surface area contributed by atoms with Crippen LogP contribution in [0, 0.1) is 11.2 Å². The molecule has 0 bridgehead atoms. The minimum absolute atomic E-state index is 0.274. The first-order valence-corrected chi connectivity index (χ1v) is 6.65. The van der Waals surface area contributed by atoms with Gasteiger partial charge in [-0.2, -0.15) is 0 Å². The van der Waals surface area contributed by atoms with Gasteiger partial charge in [0.2, 0.25) is 0 Å². The van der Waals surface area contributed by atoms with E-state index in [0.29, 0.717) is 5.41 Å². The standard InChI is InChI=1S/C14H19ClFN/c1-2-11-7-10(8-12(16)13(11)15)3-4-14(9-17)5-6-14/h7-8H,2-6,9,17H2,1H3. The molecule has 1 aliphatic rings. The number of hydrogen-bond acceptors (Lipinski definition) is 1. The van der Waals surface area contributed by atoms with Gasteiger partial charge in [-0.1, -0.05) is 24.6 Å². The quantitative estimate of drug-likeness (QED) is 0.853. The Morgan fingerprint density at radius 2 is 2.12 bits per heavy atom. The molecule has 0 unspecified atom stereocenters. The molecule has 1 saturated carbocycles. The first-order chi connectivity index (χ1) is 8.10. The zero-order chi connectivity index (χ0) is 12.5. The Bertz CT molecular complexity index is 413. The van der Waals surface area contributed by atoms with E-state index in [1.165, 1.54) is 12.8 Å². The molecule has 0 aromatic heterocycles. The van der Waals surface area contributed by atoms with Crippen LogP contribution in [0.25, 0.3) is 0 Å². The van der Waals surface area contributed by atoms with Crippen molar-refractivity contribution >= 4 is 11.6 Å². The molecule has 2 rings (SSSR count). The molecule has 1 aromatic rings. The second-order valence-electron chi connectivity index (χ2n) is 5.11. The van der Waals surface area contributed by atoms with Gasteiger partial charge >= 0.3 is 0 Å². The maximum absolute atomic E-state index is 13.6. The van der Waals surface area contributed by atoms with Crippen LogP contribution in [0.2, 0.25) is 5.02 Å². The average Bonchev–Trinajstić information content (AvgIpc) is 3.11. The van der Waals surface area contributed by atoms with Crippen LogP contribution < -0.4 is 5.73 Å². The molecule has 2 N–H and O–H groups in total. The summed E-state index contributed by atoms with van der Waals surface area (Å²) < 4.78 is 13.6. The van der Waals surface area contributed by atoms with Crippen molar-refractivity contribution in [2.24, 2.45) is 11.1 Å². The third-order valence-corrected chi connectivity index (χ3v) is 4.30. The molecule has 0 spiro atoms. The summed E-state index contributed by atoms with van der Waals surface area (Å²) in [4.78, 5) is 0. The van der Waals surface area contributed by atoms with Gasteiger partial charge in [0.1, 0.15) is 5.82 Å². The average molecular weight is 256 g/mol. The highest BCUT2D eigenvalue weighted by Crippen LogP contribution is 2.48. The fraction of sp³-hybridized carbons (Fsp3) is 0.571. The van der Waals surface area contributed by atoms with Gasteiger partial charge in [-0.05, 0) is 61.3 Å². The summed E-state index contributed by atoms with van der Waals surface area (Å²) in [7, 11) is 0. The topological polar surface area (TPSA) is 26.0 Å². The van der Waals surface area contributed by atoms with Crippen LogP contribution in [0.1, 0.15) is 37.3 Å². The van der Waals surface area contributed by atoms with Crippen molar-refractivity contribution in [3.05, 3.63) is 34.1 Å². The number of halogens is 2. The van der Waals surface area contributed by atoms with Crippen LogP contribution in [-0.2, 0) is 12.8 Å². The summed E-state index contributed by atoms with van der Waals surface area (Å²) in [6.07, 6.45) is 5.18. The van der Waals surface area contributed by atoms with Crippen molar-refractivity contribution in [1.82, 2.24) is 0 Å². The van der Waals surface area contributed by atoms with Crippen LogP contribution in [-0.4, -0.2) is 6.54 Å². The Morgan fingerprint density at radius 1 is 1.41 bits per heavy atom. The molecule has 0 saturated heterocycles. The van der Waals surface area contributed by atoms with Gasteiger partial charge in [-0.15, -0.1) is 0 Å². The van der Waals surface area contributed by atoms with Gasteiger partial charge in [0.25, 0.3) is 0 Å². The maximum atomic E-state index is 13.6. The van der Waals surface area contributed by atoms with Gasteiger partial charge in [0.05, 0.1) is 5.02 Å². The molecule has 0 amide bonds. The molecule has 1 aromatic carbocycles. The summed E-state index contributed by atoms with van der Waals surface area (Å²) in [6, 6.07) is 3.59. The van der Waals surface area contributed by atoms with Crippen LogP contribution in [0.3, 0.4) is 0 Å². The molecule has 1 fully saturated rings. The molecule has 3 heteroatoms. The zero-order valence-electron chi connectivity index (χ0n) is 10.2. The molecule has 0 aliphatic heterocycles. The molecule has 0 heterocycles. The first kappa shape index (κ1) is 12.8. The van der Waals surface area contributed by atoms with E-state index in [9.17, 15) is 4.39 Å². The lowest BCUT2D eigenvalue weighted by Gasteiger charge is -2.13. The minimum Gasteiger partial charge on any atom is -0.330 e. The van der Waals surface area contributed by atoms with Gasteiger partial charge in [0.15, 0.2) is 0 Å². The lowest BCUT2D eigenvalue weighted by atomic mass is 9.96. The Hall–Kier alpha value is -0.600. The summed E-state index contributed by atoms with van der Waals surface area (Å²) in [5.74, 6) is -0.293. The molecular formula is C14H19ClFN. The van der Waals surface area contributed by atoms with Gasteiger partial charge in [0, 0.05) is 0 Å². The van der Waals surface area contributed by atoms with E-state index in [-0.39, 0.29) is 10.8 Å². The fourth-order valence-corrected chi connectivity index (χ4v) is 2.50. The number of aryl methyl sites for hydroxylation is 2.